The monoisotopic (exact) mass is 233 g/mol. The van der Waals surface area contributed by atoms with Crippen molar-refractivity contribution in [1.29, 1.82) is 0 Å². The maximum Gasteiger partial charge on any atom is 0.244 e. The van der Waals surface area contributed by atoms with Crippen molar-refractivity contribution in [3.8, 4) is 0 Å². The molecule has 0 aliphatic heterocycles. The van der Waals surface area contributed by atoms with Gasteiger partial charge in [-0.25, -0.2) is 0 Å². The fourth-order valence-corrected chi connectivity index (χ4v) is 1.81. The first-order valence-corrected chi connectivity index (χ1v) is 5.74. The number of furan rings is 1. The summed E-state index contributed by atoms with van der Waals surface area (Å²) < 4.78 is 5.10. The van der Waals surface area contributed by atoms with Crippen LogP contribution in [0, 0.1) is 0 Å². The highest BCUT2D eigenvalue weighted by Gasteiger charge is 1.98. The van der Waals surface area contributed by atoms with E-state index in [2.05, 4.69) is 5.32 Å². The molecule has 3 nitrogen and oxygen atoms in total. The van der Waals surface area contributed by atoms with E-state index in [-0.39, 0.29) is 5.91 Å². The second-order valence-corrected chi connectivity index (χ2v) is 4.13. The van der Waals surface area contributed by atoms with E-state index in [1.165, 1.54) is 6.08 Å². The molecule has 0 saturated carbocycles. The molecule has 2 rings (SSSR count). The number of carbonyl (C=O) groups excluding carboxylic acids is 1. The summed E-state index contributed by atoms with van der Waals surface area (Å²) in [6, 6.07) is 7.53. The van der Waals surface area contributed by atoms with E-state index >= 15 is 0 Å². The van der Waals surface area contributed by atoms with Gasteiger partial charge in [0.15, 0.2) is 0 Å². The number of amides is 1. The van der Waals surface area contributed by atoms with Crippen LogP contribution in [0.5, 0.6) is 0 Å². The van der Waals surface area contributed by atoms with Gasteiger partial charge in [0.1, 0.15) is 5.76 Å². The van der Waals surface area contributed by atoms with Gasteiger partial charge in [0.25, 0.3) is 0 Å². The Bertz CT molecular complexity index is 457. The normalized spacial score (nSPS) is 10.8. The van der Waals surface area contributed by atoms with Crippen LogP contribution >= 0.6 is 11.3 Å². The van der Waals surface area contributed by atoms with Gasteiger partial charge < -0.3 is 9.73 Å². The van der Waals surface area contributed by atoms with E-state index in [9.17, 15) is 4.79 Å². The lowest BCUT2D eigenvalue weighted by Crippen LogP contribution is -2.19. The number of rotatable bonds is 4. The topological polar surface area (TPSA) is 42.2 Å². The van der Waals surface area contributed by atoms with Crippen LogP contribution in [0.25, 0.3) is 6.08 Å². The molecule has 2 aromatic rings. The number of nitrogens with one attached hydrogen (secondary N) is 1. The molecule has 0 atom stereocenters. The van der Waals surface area contributed by atoms with E-state index in [0.29, 0.717) is 6.54 Å². The molecule has 2 aromatic heterocycles. The van der Waals surface area contributed by atoms with E-state index in [1.807, 2.05) is 23.6 Å². The molecule has 0 fully saturated rings. The Balaban J connectivity index is 1.81. The predicted molar refractivity (Wildman–Crippen MR) is 63.9 cm³/mol. The van der Waals surface area contributed by atoms with Crippen molar-refractivity contribution >= 4 is 23.3 Å². The average Bonchev–Trinajstić information content (AvgIpc) is 2.96. The van der Waals surface area contributed by atoms with Gasteiger partial charge in [0.2, 0.25) is 5.91 Å². The summed E-state index contributed by atoms with van der Waals surface area (Å²) in [4.78, 5) is 12.5. The van der Waals surface area contributed by atoms with Crippen LogP contribution in [0.4, 0.5) is 0 Å². The van der Waals surface area contributed by atoms with Crippen LogP contribution in [0.2, 0.25) is 0 Å². The van der Waals surface area contributed by atoms with Gasteiger partial charge in [-0.2, -0.15) is 0 Å². The summed E-state index contributed by atoms with van der Waals surface area (Å²) in [5, 5.41) is 4.71. The maximum atomic E-state index is 11.4. The van der Waals surface area contributed by atoms with Crippen LogP contribution < -0.4 is 5.32 Å². The second kappa shape index (κ2) is 5.32. The fourth-order valence-electron chi connectivity index (χ4n) is 1.19. The van der Waals surface area contributed by atoms with Gasteiger partial charge in [-0.05, 0) is 29.7 Å². The molecule has 4 heteroatoms. The molecule has 0 saturated heterocycles. The highest BCUT2D eigenvalue weighted by atomic mass is 32.1. The molecule has 0 aliphatic carbocycles. The Morgan fingerprint density at radius 1 is 1.44 bits per heavy atom. The predicted octanol–water partition coefficient (Wildman–Crippen LogP) is 2.67. The highest BCUT2D eigenvalue weighted by molar-refractivity contribution is 7.10. The van der Waals surface area contributed by atoms with Crippen LogP contribution in [0.3, 0.4) is 0 Å². The zero-order valence-electron chi connectivity index (χ0n) is 8.55. The average molecular weight is 233 g/mol. The van der Waals surface area contributed by atoms with E-state index in [4.69, 9.17) is 4.42 Å². The van der Waals surface area contributed by atoms with Crippen LogP contribution in [0.15, 0.2) is 46.4 Å². The van der Waals surface area contributed by atoms with Crippen molar-refractivity contribution in [2.24, 2.45) is 0 Å². The molecule has 0 bridgehead atoms. The number of thiophene rings is 1. The first kappa shape index (κ1) is 10.7. The molecule has 0 radical (unpaired) electrons. The van der Waals surface area contributed by atoms with Crippen LogP contribution in [-0.4, -0.2) is 5.91 Å². The van der Waals surface area contributed by atoms with Crippen molar-refractivity contribution in [3.05, 3.63) is 52.6 Å². The van der Waals surface area contributed by atoms with Crippen LogP contribution in [0.1, 0.15) is 10.6 Å². The van der Waals surface area contributed by atoms with Crippen LogP contribution in [-0.2, 0) is 11.3 Å². The molecule has 0 aromatic carbocycles. The van der Waals surface area contributed by atoms with Gasteiger partial charge in [-0.1, -0.05) is 6.07 Å². The van der Waals surface area contributed by atoms with Gasteiger partial charge in [-0.15, -0.1) is 11.3 Å². The fraction of sp³-hybridized carbons (Fsp3) is 0.0833. The summed E-state index contributed by atoms with van der Waals surface area (Å²) in [6.07, 6.45) is 4.90. The summed E-state index contributed by atoms with van der Waals surface area (Å²) in [5.74, 6) is 0.627. The lowest BCUT2D eigenvalue weighted by atomic mass is 10.4. The van der Waals surface area contributed by atoms with Gasteiger partial charge >= 0.3 is 0 Å². The zero-order valence-corrected chi connectivity index (χ0v) is 9.37. The lowest BCUT2D eigenvalue weighted by Gasteiger charge is -1.97. The third-order valence-corrected chi connectivity index (χ3v) is 2.80. The van der Waals surface area contributed by atoms with Crippen molar-refractivity contribution < 1.29 is 9.21 Å². The smallest absolute Gasteiger partial charge is 0.244 e. The lowest BCUT2D eigenvalue weighted by molar-refractivity contribution is -0.116. The summed E-state index contributed by atoms with van der Waals surface area (Å²) in [7, 11) is 0. The Morgan fingerprint density at radius 3 is 3.06 bits per heavy atom. The van der Waals surface area contributed by atoms with Gasteiger partial charge in [-0.3, -0.25) is 4.79 Å². The third kappa shape index (κ3) is 3.10. The second-order valence-electron chi connectivity index (χ2n) is 3.15. The molecule has 0 aliphatic rings. The Hall–Kier alpha value is -1.81. The van der Waals surface area contributed by atoms with E-state index in [1.54, 1.807) is 29.7 Å². The van der Waals surface area contributed by atoms with E-state index in [0.717, 1.165) is 10.6 Å². The number of hydrogen-bond donors (Lipinski definition) is 1. The molecule has 16 heavy (non-hydrogen) atoms. The summed E-state index contributed by atoms with van der Waals surface area (Å²) in [5.41, 5.74) is 0. The molecule has 2 heterocycles. The molecule has 0 spiro atoms. The first-order chi connectivity index (χ1) is 7.84. The highest BCUT2D eigenvalue weighted by Crippen LogP contribution is 2.09. The quantitative estimate of drug-likeness (QED) is 0.825. The Labute approximate surface area is 97.4 Å². The van der Waals surface area contributed by atoms with Crippen molar-refractivity contribution in [1.82, 2.24) is 5.32 Å². The largest absolute Gasteiger partial charge is 0.467 e. The van der Waals surface area contributed by atoms with Crippen molar-refractivity contribution in [2.75, 3.05) is 0 Å². The van der Waals surface area contributed by atoms with Gasteiger partial charge in [0.05, 0.1) is 12.8 Å². The number of hydrogen-bond acceptors (Lipinski definition) is 3. The Kier molecular flexibility index (Phi) is 3.56. The minimum atomic E-state index is -0.121. The minimum absolute atomic E-state index is 0.121. The summed E-state index contributed by atoms with van der Waals surface area (Å²) in [6.45, 7) is 0.417. The molecule has 0 unspecified atom stereocenters. The van der Waals surface area contributed by atoms with Crippen molar-refractivity contribution in [2.45, 2.75) is 6.54 Å². The molecular formula is C12H11NO2S. The summed E-state index contributed by atoms with van der Waals surface area (Å²) >= 11 is 1.60. The standard InChI is InChI=1S/C12H11NO2S/c14-12(6-5-11-4-2-8-16-11)13-9-10-3-1-7-15-10/h1-8H,9H2,(H,13,14). The molecule has 1 amide bonds. The SMILES string of the molecule is O=C(C=Cc1cccs1)NCc1ccco1. The molecule has 82 valence electrons. The number of carbonyl (C=O) groups is 1. The van der Waals surface area contributed by atoms with Crippen molar-refractivity contribution in [3.63, 3.8) is 0 Å². The Morgan fingerprint density at radius 2 is 2.38 bits per heavy atom. The first-order valence-electron chi connectivity index (χ1n) is 4.86. The minimum Gasteiger partial charge on any atom is -0.467 e. The molecule has 1 N–H and O–H groups in total. The zero-order chi connectivity index (χ0) is 11.2. The maximum absolute atomic E-state index is 11.4. The van der Waals surface area contributed by atoms with E-state index < -0.39 is 0 Å². The van der Waals surface area contributed by atoms with Gasteiger partial charge in [0, 0.05) is 11.0 Å². The third-order valence-electron chi connectivity index (χ3n) is 1.96. The molecular weight excluding hydrogens is 222 g/mol.